The molecule has 23 heavy (non-hydrogen) atoms. The minimum Gasteiger partial charge on any atom is -0.463 e. The molecule has 2 rings (SSSR count). The molecule has 0 saturated carbocycles. The molecule has 2 heterocycles. The lowest BCUT2D eigenvalue weighted by atomic mass is 9.98. The lowest BCUT2D eigenvalue weighted by Crippen LogP contribution is -2.31. The second-order valence-electron chi connectivity index (χ2n) is 5.51. The third kappa shape index (κ3) is 4.52. The van der Waals surface area contributed by atoms with E-state index in [1.54, 1.807) is 18.0 Å². The van der Waals surface area contributed by atoms with Gasteiger partial charge < -0.3 is 20.5 Å². The molecule has 0 spiro atoms. The van der Waals surface area contributed by atoms with Gasteiger partial charge in [0.05, 0.1) is 16.2 Å². The predicted octanol–water partition coefficient (Wildman–Crippen LogP) is 3.45. The third-order valence-electron chi connectivity index (χ3n) is 3.67. The van der Waals surface area contributed by atoms with Gasteiger partial charge in [-0.2, -0.15) is 11.8 Å². The molecular formula is C15H22N4O3S. The van der Waals surface area contributed by atoms with E-state index in [1.165, 1.54) is 6.07 Å². The lowest BCUT2D eigenvalue weighted by Gasteiger charge is -2.19. The number of anilines is 1. The van der Waals surface area contributed by atoms with Crippen molar-refractivity contribution >= 4 is 23.3 Å². The fraction of sp³-hybridized carbons (Fsp3) is 0.467. The molecule has 8 heteroatoms. The molecule has 1 unspecified atom stereocenters. The number of hydrogen-bond donors (Lipinski definition) is 3. The lowest BCUT2D eigenvalue weighted by molar-refractivity contribution is -0.383. The van der Waals surface area contributed by atoms with Crippen LogP contribution >= 0.6 is 11.8 Å². The van der Waals surface area contributed by atoms with E-state index in [4.69, 9.17) is 10.2 Å². The molecular weight excluding hydrogens is 316 g/mol. The molecule has 2 aromatic rings. The number of nitro groups is 1. The molecule has 7 nitrogen and oxygen atoms in total. The highest BCUT2D eigenvalue weighted by molar-refractivity contribution is 7.98. The van der Waals surface area contributed by atoms with Crippen LogP contribution in [0, 0.1) is 10.1 Å². The smallest absolute Gasteiger partial charge is 0.310 e. The Morgan fingerprint density at radius 3 is 2.96 bits per heavy atom. The Morgan fingerprint density at radius 2 is 2.26 bits per heavy atom. The Balaban J connectivity index is 1.74. The molecule has 1 atom stereocenters. The molecule has 4 N–H and O–H groups in total. The van der Waals surface area contributed by atoms with Crippen LogP contribution in [0.15, 0.2) is 28.8 Å². The summed E-state index contributed by atoms with van der Waals surface area (Å²) < 4.78 is 5.78. The zero-order valence-corrected chi connectivity index (χ0v) is 14.1. The van der Waals surface area contributed by atoms with E-state index in [1.807, 2.05) is 26.0 Å². The minimum atomic E-state index is -0.434. The van der Waals surface area contributed by atoms with E-state index in [0.717, 1.165) is 29.4 Å². The first-order valence-electron chi connectivity index (χ1n) is 7.45. The summed E-state index contributed by atoms with van der Waals surface area (Å²) in [4.78, 5) is 13.2. The maximum atomic E-state index is 10.8. The number of furan rings is 1. The first-order valence-corrected chi connectivity index (χ1v) is 8.61. The average molecular weight is 338 g/mol. The quantitative estimate of drug-likeness (QED) is 0.367. The molecule has 0 aromatic carbocycles. The largest absolute Gasteiger partial charge is 0.463 e. The van der Waals surface area contributed by atoms with Crippen LogP contribution in [-0.4, -0.2) is 22.2 Å². The molecule has 0 aliphatic heterocycles. The second kappa shape index (κ2) is 7.56. The standard InChI is InChI=1S/C15H22N4O3S/c1-3-15(2,16)13-5-4-11(22-13)10-23-9-8-18-14-12(19(20)21)6-7-17-14/h4-7,17-18H,3,8-10,16H2,1-2H3. The predicted molar refractivity (Wildman–Crippen MR) is 92.6 cm³/mol. The van der Waals surface area contributed by atoms with Gasteiger partial charge in [-0.05, 0) is 25.5 Å². The highest BCUT2D eigenvalue weighted by Crippen LogP contribution is 2.25. The average Bonchev–Trinajstić information content (AvgIpc) is 3.16. The van der Waals surface area contributed by atoms with E-state index >= 15 is 0 Å². The van der Waals surface area contributed by atoms with Crippen molar-refractivity contribution < 1.29 is 9.34 Å². The monoisotopic (exact) mass is 338 g/mol. The molecule has 0 aliphatic carbocycles. The van der Waals surface area contributed by atoms with Crippen molar-refractivity contribution in [3.8, 4) is 0 Å². The van der Waals surface area contributed by atoms with Gasteiger partial charge in [0.2, 0.25) is 0 Å². The number of nitrogens with zero attached hydrogens (tertiary/aromatic N) is 1. The zero-order chi connectivity index (χ0) is 16.9. The fourth-order valence-corrected chi connectivity index (χ4v) is 2.76. The van der Waals surface area contributed by atoms with Crippen LogP contribution in [0.1, 0.15) is 31.8 Å². The Kier molecular flexibility index (Phi) is 5.73. The van der Waals surface area contributed by atoms with Crippen LogP contribution in [0.4, 0.5) is 11.5 Å². The summed E-state index contributed by atoms with van der Waals surface area (Å²) in [5.41, 5.74) is 5.78. The molecule has 0 amide bonds. The fourth-order valence-electron chi connectivity index (χ4n) is 2.01. The van der Waals surface area contributed by atoms with Crippen molar-refractivity contribution in [3.05, 3.63) is 46.0 Å². The number of H-pyrrole nitrogens is 1. The number of nitrogens with one attached hydrogen (secondary N) is 2. The van der Waals surface area contributed by atoms with E-state index in [2.05, 4.69) is 10.3 Å². The SMILES string of the molecule is CCC(C)(N)c1ccc(CSCCNc2[nH]ccc2[N+](=O)[O-])o1. The van der Waals surface area contributed by atoms with Gasteiger partial charge in [-0.1, -0.05) is 6.92 Å². The number of nitrogens with two attached hydrogens (primary N) is 1. The van der Waals surface area contributed by atoms with Crippen molar-refractivity contribution in [1.82, 2.24) is 4.98 Å². The minimum absolute atomic E-state index is 0.0625. The number of rotatable bonds is 9. The van der Waals surface area contributed by atoms with Crippen molar-refractivity contribution in [2.24, 2.45) is 5.73 Å². The van der Waals surface area contributed by atoms with Gasteiger partial charge in [-0.15, -0.1) is 0 Å². The summed E-state index contributed by atoms with van der Waals surface area (Å²) >= 11 is 1.69. The molecule has 0 radical (unpaired) electrons. The molecule has 0 aliphatic rings. The Bertz CT molecular complexity index is 651. The molecule has 0 fully saturated rings. The van der Waals surface area contributed by atoms with E-state index in [9.17, 15) is 10.1 Å². The summed E-state index contributed by atoms with van der Waals surface area (Å²) in [7, 11) is 0. The first kappa shape index (κ1) is 17.4. The topological polar surface area (TPSA) is 110 Å². The summed E-state index contributed by atoms with van der Waals surface area (Å²) in [6, 6.07) is 5.32. The molecule has 0 saturated heterocycles. The highest BCUT2D eigenvalue weighted by Gasteiger charge is 2.22. The molecule has 2 aromatic heterocycles. The normalized spacial score (nSPS) is 13.7. The van der Waals surface area contributed by atoms with Crippen molar-refractivity contribution in [2.75, 3.05) is 17.6 Å². The number of hydrogen-bond acceptors (Lipinski definition) is 6. The van der Waals surface area contributed by atoms with Crippen LogP contribution in [-0.2, 0) is 11.3 Å². The van der Waals surface area contributed by atoms with Crippen LogP contribution in [0.3, 0.4) is 0 Å². The van der Waals surface area contributed by atoms with E-state index in [0.29, 0.717) is 12.4 Å². The second-order valence-corrected chi connectivity index (χ2v) is 6.62. The van der Waals surface area contributed by atoms with Crippen molar-refractivity contribution in [3.63, 3.8) is 0 Å². The van der Waals surface area contributed by atoms with Gasteiger partial charge >= 0.3 is 5.69 Å². The van der Waals surface area contributed by atoms with Gasteiger partial charge in [0.15, 0.2) is 5.82 Å². The van der Waals surface area contributed by atoms with Gasteiger partial charge in [-0.25, -0.2) is 0 Å². The Hall–Kier alpha value is -1.93. The van der Waals surface area contributed by atoms with E-state index in [-0.39, 0.29) is 5.69 Å². The maximum Gasteiger partial charge on any atom is 0.310 e. The molecule has 0 bridgehead atoms. The highest BCUT2D eigenvalue weighted by atomic mass is 32.2. The summed E-state index contributed by atoms with van der Waals surface area (Å²) in [5, 5.41) is 13.8. The zero-order valence-electron chi connectivity index (χ0n) is 13.3. The van der Waals surface area contributed by atoms with Gasteiger partial charge in [0.25, 0.3) is 0 Å². The number of thioether (sulfide) groups is 1. The third-order valence-corrected chi connectivity index (χ3v) is 4.65. The maximum absolute atomic E-state index is 10.8. The molecule has 126 valence electrons. The number of aromatic nitrogens is 1. The Labute approximate surface area is 139 Å². The van der Waals surface area contributed by atoms with Crippen molar-refractivity contribution in [2.45, 2.75) is 31.6 Å². The van der Waals surface area contributed by atoms with Crippen molar-refractivity contribution in [1.29, 1.82) is 0 Å². The summed E-state index contributed by atoms with van der Waals surface area (Å²) in [6.07, 6.45) is 2.36. The van der Waals surface area contributed by atoms with Crippen LogP contribution in [0.2, 0.25) is 0 Å². The van der Waals surface area contributed by atoms with E-state index < -0.39 is 10.5 Å². The summed E-state index contributed by atoms with van der Waals surface area (Å²) in [6.45, 7) is 4.61. The number of aromatic amines is 1. The summed E-state index contributed by atoms with van der Waals surface area (Å²) in [5.74, 6) is 3.68. The Morgan fingerprint density at radius 1 is 1.48 bits per heavy atom. The first-order chi connectivity index (χ1) is 10.9. The van der Waals surface area contributed by atoms with Crippen LogP contribution < -0.4 is 11.1 Å². The van der Waals surface area contributed by atoms with Crippen LogP contribution in [0.5, 0.6) is 0 Å². The van der Waals surface area contributed by atoms with Gasteiger partial charge in [-0.3, -0.25) is 10.1 Å². The van der Waals surface area contributed by atoms with Gasteiger partial charge in [0, 0.05) is 24.6 Å². The van der Waals surface area contributed by atoms with Crippen LogP contribution in [0.25, 0.3) is 0 Å². The van der Waals surface area contributed by atoms with Gasteiger partial charge in [0.1, 0.15) is 11.5 Å².